The zero-order valence-corrected chi connectivity index (χ0v) is 22.5. The predicted molar refractivity (Wildman–Crippen MR) is 133 cm³/mol. The molecule has 1 amide bonds. The van der Waals surface area contributed by atoms with Gasteiger partial charge < -0.3 is 19.1 Å². The maximum Gasteiger partial charge on any atom is 0.410 e. The van der Waals surface area contributed by atoms with Crippen molar-refractivity contribution in [2.75, 3.05) is 26.8 Å². The molecule has 0 atom stereocenters. The van der Waals surface area contributed by atoms with E-state index in [2.05, 4.69) is 24.6 Å². The van der Waals surface area contributed by atoms with Crippen LogP contribution in [-0.2, 0) is 20.9 Å². The first-order valence-corrected chi connectivity index (χ1v) is 15.6. The predicted octanol–water partition coefficient (Wildman–Crippen LogP) is 4.64. The fourth-order valence-electron chi connectivity index (χ4n) is 3.90. The van der Waals surface area contributed by atoms with Gasteiger partial charge in [-0.25, -0.2) is 19.3 Å². The number of hydrogen-bond acceptors (Lipinski definition) is 7. The number of esters is 1. The molecule has 0 radical (unpaired) electrons. The van der Waals surface area contributed by atoms with Crippen LogP contribution >= 0.6 is 0 Å². The molecule has 1 aliphatic heterocycles. The van der Waals surface area contributed by atoms with E-state index in [4.69, 9.17) is 19.3 Å². The summed E-state index contributed by atoms with van der Waals surface area (Å²) in [5, 5.41) is 5.68. The number of carbonyl (C=O) groups is 2. The van der Waals surface area contributed by atoms with Crippen LogP contribution < -0.4 is 0 Å². The first kappa shape index (κ1) is 26.1. The molecule has 0 unspecified atom stereocenters. The van der Waals surface area contributed by atoms with E-state index in [-0.39, 0.29) is 12.0 Å². The van der Waals surface area contributed by atoms with Gasteiger partial charge in [-0.3, -0.25) is 0 Å². The third-order valence-corrected chi connectivity index (χ3v) is 7.48. The minimum Gasteiger partial charge on any atom is -0.465 e. The Hall–Kier alpha value is -2.46. The first-order chi connectivity index (χ1) is 15.9. The molecular weight excluding hydrogens is 452 g/mol. The average molecular weight is 491 g/mol. The van der Waals surface area contributed by atoms with Crippen molar-refractivity contribution >= 4 is 31.2 Å². The molecule has 9 nitrogen and oxygen atoms in total. The molecule has 0 N–H and O–H groups in total. The standard InChI is InChI=1S/C24H38N4O5Si/c1-24(2,3)33-23(30)27-10-8-17(9-11-27)20-19-14-18(22(29)31-4)15-25-21(19)28(26-20)16-32-12-13-34(5,6)7/h14-15,17H,8-13,16H2,1-7H3. The second kappa shape index (κ2) is 10.4. The van der Waals surface area contributed by atoms with Gasteiger partial charge in [0.2, 0.25) is 0 Å². The summed E-state index contributed by atoms with van der Waals surface area (Å²) in [5.74, 6) is -0.293. The van der Waals surface area contributed by atoms with Gasteiger partial charge in [-0.05, 0) is 45.7 Å². The van der Waals surface area contributed by atoms with Gasteiger partial charge in [0.25, 0.3) is 0 Å². The monoisotopic (exact) mass is 490 g/mol. The SMILES string of the molecule is COC(=O)c1cnc2c(c1)c(C1CCN(C(=O)OC(C)(C)C)CC1)nn2COCC[Si](C)(C)C. The molecule has 0 aromatic carbocycles. The number of carbonyl (C=O) groups excluding carboxylic acids is 2. The van der Waals surface area contributed by atoms with Crippen molar-refractivity contribution in [1.82, 2.24) is 19.7 Å². The fourth-order valence-corrected chi connectivity index (χ4v) is 4.65. The van der Waals surface area contributed by atoms with Crippen LogP contribution in [0.15, 0.2) is 12.3 Å². The normalized spacial score (nSPS) is 15.6. The van der Waals surface area contributed by atoms with E-state index in [1.807, 2.05) is 20.8 Å². The molecule has 10 heteroatoms. The summed E-state index contributed by atoms with van der Waals surface area (Å²) in [6.07, 6.45) is 2.74. The van der Waals surface area contributed by atoms with E-state index in [0.29, 0.717) is 37.6 Å². The fraction of sp³-hybridized carbons (Fsp3) is 0.667. The van der Waals surface area contributed by atoms with Crippen molar-refractivity contribution in [1.29, 1.82) is 0 Å². The van der Waals surface area contributed by atoms with Crippen LogP contribution in [0.25, 0.3) is 11.0 Å². The van der Waals surface area contributed by atoms with E-state index in [0.717, 1.165) is 30.0 Å². The van der Waals surface area contributed by atoms with E-state index in [9.17, 15) is 9.59 Å². The average Bonchev–Trinajstić information content (AvgIpc) is 3.12. The summed E-state index contributed by atoms with van der Waals surface area (Å²) in [6, 6.07) is 2.87. The number of amides is 1. The summed E-state index contributed by atoms with van der Waals surface area (Å²) >= 11 is 0. The number of nitrogens with zero attached hydrogens (tertiary/aromatic N) is 4. The zero-order valence-electron chi connectivity index (χ0n) is 21.5. The lowest BCUT2D eigenvalue weighted by atomic mass is 9.92. The number of fused-ring (bicyclic) bond motifs is 1. The molecule has 34 heavy (non-hydrogen) atoms. The highest BCUT2D eigenvalue weighted by atomic mass is 28.3. The van der Waals surface area contributed by atoms with Gasteiger partial charge in [0.05, 0.1) is 18.4 Å². The second-order valence-electron chi connectivity index (χ2n) is 11.1. The highest BCUT2D eigenvalue weighted by Crippen LogP contribution is 2.33. The lowest BCUT2D eigenvalue weighted by molar-refractivity contribution is 0.0203. The quantitative estimate of drug-likeness (QED) is 0.317. The molecule has 3 heterocycles. The summed E-state index contributed by atoms with van der Waals surface area (Å²) in [4.78, 5) is 30.8. The number of aromatic nitrogens is 3. The van der Waals surface area contributed by atoms with Gasteiger partial charge in [0, 0.05) is 45.3 Å². The summed E-state index contributed by atoms with van der Waals surface area (Å²) in [6.45, 7) is 14.7. The van der Waals surface area contributed by atoms with Crippen LogP contribution in [0.5, 0.6) is 0 Å². The van der Waals surface area contributed by atoms with E-state index in [1.165, 1.54) is 13.3 Å². The van der Waals surface area contributed by atoms with Crippen LogP contribution in [-0.4, -0.2) is 72.2 Å². The Kier molecular flexibility index (Phi) is 8.02. The molecule has 1 saturated heterocycles. The maximum atomic E-state index is 12.5. The molecule has 1 aliphatic rings. The number of methoxy groups -OCH3 is 1. The van der Waals surface area contributed by atoms with E-state index in [1.54, 1.807) is 15.6 Å². The van der Waals surface area contributed by atoms with Crippen molar-refractivity contribution in [2.24, 2.45) is 0 Å². The molecule has 1 fully saturated rings. The summed E-state index contributed by atoms with van der Waals surface area (Å²) in [7, 11) is 0.167. The molecule has 0 aliphatic carbocycles. The van der Waals surface area contributed by atoms with Crippen molar-refractivity contribution in [2.45, 2.75) is 77.5 Å². The Morgan fingerprint density at radius 2 is 1.85 bits per heavy atom. The number of likely N-dealkylation sites (tertiary alicyclic amines) is 1. The number of pyridine rings is 1. The number of hydrogen-bond donors (Lipinski definition) is 0. The van der Waals surface area contributed by atoms with Crippen LogP contribution in [0.2, 0.25) is 25.7 Å². The Morgan fingerprint density at radius 3 is 2.44 bits per heavy atom. The van der Waals surface area contributed by atoms with Crippen molar-refractivity contribution in [3.8, 4) is 0 Å². The van der Waals surface area contributed by atoms with Crippen LogP contribution in [0.1, 0.15) is 55.6 Å². The Morgan fingerprint density at radius 1 is 1.18 bits per heavy atom. The number of ether oxygens (including phenoxy) is 3. The lowest BCUT2D eigenvalue weighted by Gasteiger charge is -2.33. The van der Waals surface area contributed by atoms with E-state index >= 15 is 0 Å². The molecule has 0 saturated carbocycles. The summed E-state index contributed by atoms with van der Waals surface area (Å²) in [5.41, 5.74) is 1.44. The van der Waals surface area contributed by atoms with Gasteiger partial charge in [0.15, 0.2) is 5.65 Å². The van der Waals surface area contributed by atoms with Crippen LogP contribution in [0, 0.1) is 0 Å². The maximum absolute atomic E-state index is 12.5. The Bertz CT molecular complexity index is 1020. The zero-order chi connectivity index (χ0) is 25.1. The van der Waals surface area contributed by atoms with Gasteiger partial charge >= 0.3 is 12.1 Å². The Labute approximate surface area is 202 Å². The van der Waals surface area contributed by atoms with Gasteiger partial charge in [-0.2, -0.15) is 5.10 Å². The molecule has 3 rings (SSSR count). The molecular formula is C24H38N4O5Si. The van der Waals surface area contributed by atoms with Crippen LogP contribution in [0.4, 0.5) is 4.79 Å². The minimum atomic E-state index is -1.19. The Balaban J connectivity index is 1.80. The van der Waals surface area contributed by atoms with Crippen molar-refractivity contribution in [3.05, 3.63) is 23.5 Å². The lowest BCUT2D eigenvalue weighted by Crippen LogP contribution is -2.41. The second-order valence-corrected chi connectivity index (χ2v) is 16.7. The third-order valence-electron chi connectivity index (χ3n) is 5.78. The third kappa shape index (κ3) is 6.79. The summed E-state index contributed by atoms with van der Waals surface area (Å²) < 4.78 is 18.1. The number of piperidine rings is 1. The molecule has 2 aromatic heterocycles. The molecule has 0 bridgehead atoms. The molecule has 188 valence electrons. The highest BCUT2D eigenvalue weighted by molar-refractivity contribution is 6.76. The van der Waals surface area contributed by atoms with Gasteiger partial charge in [-0.1, -0.05) is 19.6 Å². The number of rotatable bonds is 7. The topological polar surface area (TPSA) is 95.8 Å². The van der Waals surface area contributed by atoms with Crippen LogP contribution in [0.3, 0.4) is 0 Å². The smallest absolute Gasteiger partial charge is 0.410 e. The molecule has 2 aromatic rings. The first-order valence-electron chi connectivity index (χ1n) is 11.9. The molecule has 0 spiro atoms. The van der Waals surface area contributed by atoms with Crippen molar-refractivity contribution in [3.63, 3.8) is 0 Å². The largest absolute Gasteiger partial charge is 0.465 e. The van der Waals surface area contributed by atoms with Gasteiger partial charge in [0.1, 0.15) is 12.3 Å². The van der Waals surface area contributed by atoms with E-state index < -0.39 is 19.6 Å². The van der Waals surface area contributed by atoms with Crippen molar-refractivity contribution < 1.29 is 23.8 Å². The minimum absolute atomic E-state index is 0.138. The van der Waals surface area contributed by atoms with Gasteiger partial charge in [-0.15, -0.1) is 0 Å². The highest BCUT2D eigenvalue weighted by Gasteiger charge is 2.30.